The number of hydrogen-bond donors (Lipinski definition) is 1. The van der Waals surface area contributed by atoms with Crippen molar-refractivity contribution in [1.29, 1.82) is 0 Å². The van der Waals surface area contributed by atoms with Crippen LogP contribution in [0.4, 0.5) is 4.39 Å². The minimum absolute atomic E-state index is 0.171. The van der Waals surface area contributed by atoms with E-state index >= 15 is 0 Å². The number of nitrogens with one attached hydrogen (secondary N) is 1. The predicted octanol–water partition coefficient (Wildman–Crippen LogP) is 3.54. The molecule has 1 N–H and O–H groups in total. The fraction of sp³-hybridized carbons (Fsp3) is 0.600. The summed E-state index contributed by atoms with van der Waals surface area (Å²) < 4.78 is 18.4. The molecule has 3 heteroatoms. The van der Waals surface area contributed by atoms with E-state index in [2.05, 4.69) is 19.2 Å². The topological polar surface area (TPSA) is 21.3 Å². The van der Waals surface area contributed by atoms with Gasteiger partial charge in [0, 0.05) is 19.8 Å². The average molecular weight is 253 g/mol. The summed E-state index contributed by atoms with van der Waals surface area (Å²) in [6, 6.07) is 7.05. The lowest BCUT2D eigenvalue weighted by Crippen LogP contribution is -2.25. The molecule has 0 aliphatic heterocycles. The standard InChI is InChI=1S/C15H24FNO/c1-4-8-17-15(9-12(2)11-18-3)13-6-5-7-14(16)10-13/h5-7,10,12,15,17H,4,8-9,11H2,1-3H3. The van der Waals surface area contributed by atoms with Crippen LogP contribution in [0, 0.1) is 11.7 Å². The SMILES string of the molecule is CCCNC(CC(C)COC)c1cccc(F)c1. The predicted molar refractivity (Wildman–Crippen MR) is 73.1 cm³/mol. The van der Waals surface area contributed by atoms with Crippen LogP contribution in [-0.4, -0.2) is 20.3 Å². The van der Waals surface area contributed by atoms with Crippen molar-refractivity contribution in [3.05, 3.63) is 35.6 Å². The average Bonchev–Trinajstić information content (AvgIpc) is 2.34. The number of benzene rings is 1. The molecule has 1 aromatic carbocycles. The zero-order valence-electron chi connectivity index (χ0n) is 11.6. The Morgan fingerprint density at radius 1 is 1.39 bits per heavy atom. The van der Waals surface area contributed by atoms with Gasteiger partial charge in [-0.2, -0.15) is 0 Å². The van der Waals surface area contributed by atoms with Crippen LogP contribution >= 0.6 is 0 Å². The van der Waals surface area contributed by atoms with Crippen LogP contribution in [0.25, 0.3) is 0 Å². The molecule has 2 unspecified atom stereocenters. The summed E-state index contributed by atoms with van der Waals surface area (Å²) in [7, 11) is 1.72. The van der Waals surface area contributed by atoms with E-state index in [4.69, 9.17) is 4.74 Å². The maximum atomic E-state index is 13.3. The molecule has 0 bridgehead atoms. The number of methoxy groups -OCH3 is 1. The molecule has 0 saturated carbocycles. The van der Waals surface area contributed by atoms with E-state index < -0.39 is 0 Å². The second-order valence-electron chi connectivity index (χ2n) is 4.86. The molecule has 2 nitrogen and oxygen atoms in total. The summed E-state index contributed by atoms with van der Waals surface area (Å²) in [6.45, 7) is 5.97. The lowest BCUT2D eigenvalue weighted by molar-refractivity contribution is 0.149. The first-order valence-corrected chi connectivity index (χ1v) is 6.65. The first-order valence-electron chi connectivity index (χ1n) is 6.65. The quantitative estimate of drug-likeness (QED) is 0.765. The van der Waals surface area contributed by atoms with E-state index in [1.165, 1.54) is 6.07 Å². The highest BCUT2D eigenvalue weighted by Crippen LogP contribution is 2.22. The van der Waals surface area contributed by atoms with Crippen LogP contribution in [0.1, 0.15) is 38.3 Å². The van der Waals surface area contributed by atoms with E-state index in [-0.39, 0.29) is 11.9 Å². The molecular formula is C15H24FNO. The van der Waals surface area contributed by atoms with Crippen molar-refractivity contribution in [2.75, 3.05) is 20.3 Å². The Balaban J connectivity index is 2.70. The van der Waals surface area contributed by atoms with Crippen molar-refractivity contribution in [3.8, 4) is 0 Å². The Morgan fingerprint density at radius 2 is 2.17 bits per heavy atom. The molecule has 0 fully saturated rings. The summed E-state index contributed by atoms with van der Waals surface area (Å²) in [5.74, 6) is 0.280. The van der Waals surface area contributed by atoms with Crippen LogP contribution in [0.2, 0.25) is 0 Å². The highest BCUT2D eigenvalue weighted by Gasteiger charge is 2.15. The Bertz CT molecular complexity index is 343. The largest absolute Gasteiger partial charge is 0.384 e. The smallest absolute Gasteiger partial charge is 0.123 e. The van der Waals surface area contributed by atoms with Gasteiger partial charge in [0.2, 0.25) is 0 Å². The molecule has 0 saturated heterocycles. The molecule has 0 heterocycles. The molecule has 2 atom stereocenters. The van der Waals surface area contributed by atoms with Crippen molar-refractivity contribution >= 4 is 0 Å². The first-order chi connectivity index (χ1) is 8.67. The Labute approximate surface area is 110 Å². The van der Waals surface area contributed by atoms with Gasteiger partial charge in [0.25, 0.3) is 0 Å². The molecule has 1 aromatic rings. The molecule has 0 aliphatic carbocycles. The highest BCUT2D eigenvalue weighted by molar-refractivity contribution is 5.20. The van der Waals surface area contributed by atoms with Crippen molar-refractivity contribution < 1.29 is 9.13 Å². The third-order valence-corrected chi connectivity index (χ3v) is 2.98. The number of hydrogen-bond acceptors (Lipinski definition) is 2. The molecule has 0 aromatic heterocycles. The fourth-order valence-electron chi connectivity index (χ4n) is 2.13. The summed E-state index contributed by atoms with van der Waals surface area (Å²) in [5.41, 5.74) is 1.02. The Kier molecular flexibility index (Phi) is 6.91. The summed E-state index contributed by atoms with van der Waals surface area (Å²) in [6.07, 6.45) is 2.03. The lowest BCUT2D eigenvalue weighted by atomic mass is 9.96. The number of rotatable bonds is 8. The summed E-state index contributed by atoms with van der Waals surface area (Å²) in [5, 5.41) is 3.48. The van der Waals surface area contributed by atoms with E-state index in [1.54, 1.807) is 19.2 Å². The monoisotopic (exact) mass is 253 g/mol. The van der Waals surface area contributed by atoms with Gasteiger partial charge in [0.1, 0.15) is 5.82 Å². The number of ether oxygens (including phenoxy) is 1. The molecule has 18 heavy (non-hydrogen) atoms. The molecule has 0 spiro atoms. The molecular weight excluding hydrogens is 229 g/mol. The lowest BCUT2D eigenvalue weighted by Gasteiger charge is -2.22. The third-order valence-electron chi connectivity index (χ3n) is 2.98. The van der Waals surface area contributed by atoms with Gasteiger partial charge < -0.3 is 10.1 Å². The van der Waals surface area contributed by atoms with Crippen LogP contribution in [-0.2, 0) is 4.74 Å². The van der Waals surface area contributed by atoms with Crippen molar-refractivity contribution in [1.82, 2.24) is 5.32 Å². The van der Waals surface area contributed by atoms with Gasteiger partial charge in [-0.25, -0.2) is 4.39 Å². The first kappa shape index (κ1) is 15.1. The zero-order chi connectivity index (χ0) is 13.4. The Morgan fingerprint density at radius 3 is 2.78 bits per heavy atom. The second kappa shape index (κ2) is 8.22. The normalized spacial score (nSPS) is 14.4. The van der Waals surface area contributed by atoms with Gasteiger partial charge >= 0.3 is 0 Å². The maximum Gasteiger partial charge on any atom is 0.123 e. The minimum atomic E-state index is -0.171. The third kappa shape index (κ3) is 5.15. The molecule has 102 valence electrons. The van der Waals surface area contributed by atoms with Crippen molar-refractivity contribution in [2.24, 2.45) is 5.92 Å². The van der Waals surface area contributed by atoms with E-state index in [9.17, 15) is 4.39 Å². The second-order valence-corrected chi connectivity index (χ2v) is 4.86. The van der Waals surface area contributed by atoms with Gasteiger partial charge in [-0.1, -0.05) is 26.0 Å². The van der Waals surface area contributed by atoms with Crippen LogP contribution < -0.4 is 5.32 Å². The Hall–Kier alpha value is -0.930. The van der Waals surface area contributed by atoms with Crippen LogP contribution in [0.3, 0.4) is 0 Å². The van der Waals surface area contributed by atoms with Gasteiger partial charge in [-0.15, -0.1) is 0 Å². The maximum absolute atomic E-state index is 13.3. The van der Waals surface area contributed by atoms with Crippen LogP contribution in [0.15, 0.2) is 24.3 Å². The minimum Gasteiger partial charge on any atom is -0.384 e. The van der Waals surface area contributed by atoms with Gasteiger partial charge in [0.05, 0.1) is 0 Å². The molecule has 0 aliphatic rings. The number of halogens is 1. The van der Waals surface area contributed by atoms with Gasteiger partial charge in [-0.3, -0.25) is 0 Å². The van der Waals surface area contributed by atoms with Crippen molar-refractivity contribution in [3.63, 3.8) is 0 Å². The summed E-state index contributed by atoms with van der Waals surface area (Å²) >= 11 is 0. The molecule has 0 amide bonds. The van der Waals surface area contributed by atoms with Crippen LogP contribution in [0.5, 0.6) is 0 Å². The highest BCUT2D eigenvalue weighted by atomic mass is 19.1. The zero-order valence-corrected chi connectivity index (χ0v) is 11.6. The molecule has 0 radical (unpaired) electrons. The molecule has 1 rings (SSSR count). The van der Waals surface area contributed by atoms with Crippen molar-refractivity contribution in [2.45, 2.75) is 32.7 Å². The van der Waals surface area contributed by atoms with E-state index in [0.717, 1.165) is 31.6 Å². The van der Waals surface area contributed by atoms with E-state index in [0.29, 0.717) is 5.92 Å². The fourth-order valence-corrected chi connectivity index (χ4v) is 2.13. The van der Waals surface area contributed by atoms with E-state index in [1.807, 2.05) is 6.07 Å². The van der Waals surface area contributed by atoms with Gasteiger partial charge in [-0.05, 0) is 43.0 Å². The summed E-state index contributed by atoms with van der Waals surface area (Å²) in [4.78, 5) is 0. The van der Waals surface area contributed by atoms with Gasteiger partial charge in [0.15, 0.2) is 0 Å².